The van der Waals surface area contributed by atoms with Crippen molar-refractivity contribution in [1.29, 1.82) is 0 Å². The minimum Gasteiger partial charge on any atom is -0.396 e. The number of hydrogen-bond acceptors (Lipinski definition) is 5. The smallest absolute Gasteiger partial charge is 0.230 e. The van der Waals surface area contributed by atoms with Crippen LogP contribution in [0, 0.1) is 13.8 Å². The topological polar surface area (TPSA) is 80.0 Å². The number of rotatable bonds is 7. The third-order valence-corrected chi connectivity index (χ3v) is 4.22. The number of carbonyl (C=O) groups is 1. The van der Waals surface area contributed by atoms with Crippen molar-refractivity contribution in [2.24, 2.45) is 0 Å². The Morgan fingerprint density at radius 1 is 1.36 bits per heavy atom. The monoisotopic (exact) mass is 320 g/mol. The number of carbonyl (C=O) groups excluding carboxylic acids is 1. The molecule has 0 saturated carbocycles. The first-order valence-corrected chi connectivity index (χ1v) is 8.08. The molecule has 0 bridgehead atoms. The summed E-state index contributed by atoms with van der Waals surface area (Å²) >= 11 is 1.34. The molecule has 2 rings (SSSR count). The summed E-state index contributed by atoms with van der Waals surface area (Å²) in [7, 11) is 0. The summed E-state index contributed by atoms with van der Waals surface area (Å²) in [6.45, 7) is 4.69. The van der Waals surface area contributed by atoms with Gasteiger partial charge < -0.3 is 10.4 Å². The van der Waals surface area contributed by atoms with Crippen LogP contribution in [0.25, 0.3) is 5.69 Å². The third-order valence-electron chi connectivity index (χ3n) is 3.27. The van der Waals surface area contributed by atoms with E-state index in [0.29, 0.717) is 18.1 Å². The molecule has 1 aromatic carbocycles. The van der Waals surface area contributed by atoms with Crippen LogP contribution in [0.5, 0.6) is 0 Å². The lowest BCUT2D eigenvalue weighted by Gasteiger charge is -2.08. The van der Waals surface area contributed by atoms with Crippen LogP contribution in [-0.2, 0) is 4.79 Å². The molecule has 1 heterocycles. The van der Waals surface area contributed by atoms with Crippen molar-refractivity contribution in [2.75, 3.05) is 18.9 Å². The van der Waals surface area contributed by atoms with E-state index in [1.54, 1.807) is 6.33 Å². The number of aliphatic hydroxyl groups excluding tert-OH is 1. The highest BCUT2D eigenvalue weighted by Crippen LogP contribution is 2.21. The van der Waals surface area contributed by atoms with Gasteiger partial charge in [-0.15, -0.1) is 10.2 Å². The molecule has 1 aromatic heterocycles. The Bertz CT molecular complexity index is 642. The molecule has 0 atom stereocenters. The van der Waals surface area contributed by atoms with Crippen molar-refractivity contribution in [3.63, 3.8) is 0 Å². The Kier molecular flexibility index (Phi) is 5.97. The lowest BCUT2D eigenvalue weighted by molar-refractivity contribution is -0.118. The Hall–Kier alpha value is -1.86. The van der Waals surface area contributed by atoms with Gasteiger partial charge in [-0.1, -0.05) is 17.8 Å². The van der Waals surface area contributed by atoms with Crippen LogP contribution in [0.1, 0.15) is 17.5 Å². The Morgan fingerprint density at radius 2 is 2.18 bits per heavy atom. The molecule has 0 unspecified atom stereocenters. The second kappa shape index (κ2) is 7.95. The Labute approximate surface area is 133 Å². The molecule has 0 aliphatic heterocycles. The van der Waals surface area contributed by atoms with Gasteiger partial charge in [0.1, 0.15) is 6.33 Å². The van der Waals surface area contributed by atoms with Crippen molar-refractivity contribution < 1.29 is 9.90 Å². The molecule has 7 heteroatoms. The van der Waals surface area contributed by atoms with Gasteiger partial charge in [0, 0.05) is 18.8 Å². The van der Waals surface area contributed by atoms with Crippen LogP contribution in [0.3, 0.4) is 0 Å². The molecule has 0 aliphatic carbocycles. The highest BCUT2D eigenvalue weighted by molar-refractivity contribution is 7.99. The zero-order chi connectivity index (χ0) is 15.9. The quantitative estimate of drug-likeness (QED) is 0.596. The van der Waals surface area contributed by atoms with E-state index in [4.69, 9.17) is 5.11 Å². The van der Waals surface area contributed by atoms with E-state index >= 15 is 0 Å². The van der Waals surface area contributed by atoms with Crippen molar-refractivity contribution >= 4 is 17.7 Å². The van der Waals surface area contributed by atoms with E-state index in [-0.39, 0.29) is 18.3 Å². The summed E-state index contributed by atoms with van der Waals surface area (Å²) in [6, 6.07) is 6.14. The fourth-order valence-corrected chi connectivity index (χ4v) is 2.62. The Balaban J connectivity index is 2.00. The molecule has 6 nitrogen and oxygen atoms in total. The van der Waals surface area contributed by atoms with Gasteiger partial charge in [-0.3, -0.25) is 9.36 Å². The number of thioether (sulfide) groups is 1. The summed E-state index contributed by atoms with van der Waals surface area (Å²) in [6.07, 6.45) is 2.21. The number of amides is 1. The summed E-state index contributed by atoms with van der Waals surface area (Å²) in [5.41, 5.74) is 3.41. The predicted octanol–water partition coefficient (Wildman–Crippen LogP) is 1.47. The van der Waals surface area contributed by atoms with Crippen molar-refractivity contribution in [1.82, 2.24) is 20.1 Å². The third kappa shape index (κ3) is 4.32. The highest BCUT2D eigenvalue weighted by Gasteiger charge is 2.10. The van der Waals surface area contributed by atoms with Gasteiger partial charge in [0.15, 0.2) is 5.16 Å². The summed E-state index contributed by atoms with van der Waals surface area (Å²) < 4.78 is 1.87. The van der Waals surface area contributed by atoms with E-state index in [9.17, 15) is 4.79 Å². The van der Waals surface area contributed by atoms with Gasteiger partial charge in [0.05, 0.1) is 5.75 Å². The lowest BCUT2D eigenvalue weighted by atomic mass is 10.1. The normalized spacial score (nSPS) is 10.7. The zero-order valence-electron chi connectivity index (χ0n) is 12.7. The maximum absolute atomic E-state index is 11.7. The molecular weight excluding hydrogens is 300 g/mol. The largest absolute Gasteiger partial charge is 0.396 e. The second-order valence-electron chi connectivity index (χ2n) is 4.97. The molecule has 2 N–H and O–H groups in total. The van der Waals surface area contributed by atoms with E-state index in [2.05, 4.69) is 41.5 Å². The van der Waals surface area contributed by atoms with Crippen LogP contribution >= 0.6 is 11.8 Å². The van der Waals surface area contributed by atoms with Crippen LogP contribution in [0.4, 0.5) is 0 Å². The Morgan fingerprint density at radius 3 is 2.91 bits per heavy atom. The van der Waals surface area contributed by atoms with Crippen molar-refractivity contribution in [3.05, 3.63) is 35.7 Å². The van der Waals surface area contributed by atoms with Crippen LogP contribution < -0.4 is 5.32 Å². The molecule has 0 fully saturated rings. The van der Waals surface area contributed by atoms with Crippen molar-refractivity contribution in [2.45, 2.75) is 25.4 Å². The van der Waals surface area contributed by atoms with E-state index in [1.165, 1.54) is 22.9 Å². The number of hydrogen-bond donors (Lipinski definition) is 2. The van der Waals surface area contributed by atoms with Gasteiger partial charge in [0.2, 0.25) is 5.91 Å². The van der Waals surface area contributed by atoms with Crippen LogP contribution in [0.15, 0.2) is 29.7 Å². The van der Waals surface area contributed by atoms with E-state index in [1.807, 2.05) is 10.6 Å². The van der Waals surface area contributed by atoms with E-state index in [0.717, 1.165) is 5.69 Å². The fourth-order valence-electron chi connectivity index (χ4n) is 1.86. The predicted molar refractivity (Wildman–Crippen MR) is 86.3 cm³/mol. The fraction of sp³-hybridized carbons (Fsp3) is 0.400. The van der Waals surface area contributed by atoms with Crippen LogP contribution in [0.2, 0.25) is 0 Å². The molecule has 0 saturated heterocycles. The number of aliphatic hydroxyl groups is 1. The SMILES string of the molecule is Cc1ccc(-n2cnnc2SCC(=O)NCCCO)cc1C. The number of aromatic nitrogens is 3. The molecule has 1 amide bonds. The summed E-state index contributed by atoms with van der Waals surface area (Å²) in [5, 5.41) is 20.1. The number of nitrogens with zero attached hydrogens (tertiary/aromatic N) is 3. The summed E-state index contributed by atoms with van der Waals surface area (Å²) in [5.74, 6) is 0.197. The minimum atomic E-state index is -0.0758. The number of benzene rings is 1. The van der Waals surface area contributed by atoms with Gasteiger partial charge in [0.25, 0.3) is 0 Å². The molecule has 22 heavy (non-hydrogen) atoms. The van der Waals surface area contributed by atoms with Crippen molar-refractivity contribution in [3.8, 4) is 5.69 Å². The molecule has 0 aliphatic rings. The van der Waals surface area contributed by atoms with Gasteiger partial charge in [-0.25, -0.2) is 0 Å². The molecule has 2 aromatic rings. The highest BCUT2D eigenvalue weighted by atomic mass is 32.2. The average molecular weight is 320 g/mol. The molecular formula is C15H20N4O2S. The van der Waals surface area contributed by atoms with E-state index < -0.39 is 0 Å². The number of nitrogens with one attached hydrogen (secondary N) is 1. The average Bonchev–Trinajstić information content (AvgIpc) is 2.97. The molecule has 0 spiro atoms. The minimum absolute atomic E-state index is 0.0758. The summed E-state index contributed by atoms with van der Waals surface area (Å²) in [4.78, 5) is 11.7. The second-order valence-corrected chi connectivity index (χ2v) is 5.91. The van der Waals surface area contributed by atoms with Gasteiger partial charge in [-0.05, 0) is 43.5 Å². The van der Waals surface area contributed by atoms with Gasteiger partial charge in [-0.2, -0.15) is 0 Å². The first-order valence-electron chi connectivity index (χ1n) is 7.10. The lowest BCUT2D eigenvalue weighted by Crippen LogP contribution is -2.26. The maximum Gasteiger partial charge on any atom is 0.230 e. The first kappa shape index (κ1) is 16.5. The van der Waals surface area contributed by atoms with Crippen LogP contribution in [-0.4, -0.2) is 44.7 Å². The number of aryl methyl sites for hydroxylation is 2. The molecule has 118 valence electrons. The zero-order valence-corrected chi connectivity index (χ0v) is 13.6. The first-order chi connectivity index (χ1) is 10.6. The van der Waals surface area contributed by atoms with Gasteiger partial charge >= 0.3 is 0 Å². The molecule has 0 radical (unpaired) electrons. The standard InChI is InChI=1S/C15H20N4O2S/c1-11-4-5-13(8-12(11)2)19-10-17-18-15(19)22-9-14(21)16-6-3-7-20/h4-5,8,10,20H,3,6-7,9H2,1-2H3,(H,16,21). The maximum atomic E-state index is 11.7.